The lowest BCUT2D eigenvalue weighted by molar-refractivity contribution is 0.0454. The quantitative estimate of drug-likeness (QED) is 0.845. The second-order valence-corrected chi connectivity index (χ2v) is 7.43. The molecular weight excluding hydrogens is 362 g/mol. The first-order valence-electron chi connectivity index (χ1n) is 9.30. The predicted octanol–water partition coefficient (Wildman–Crippen LogP) is 1.81. The fraction of sp³-hybridized carbons (Fsp3) is 0.500. The number of rotatable bonds is 2. The molecule has 2 fully saturated rings. The SMILES string of the molecule is Cc1ccc(-n2cnnn2)cc1NC(=O)N1CCC[C@]2(CC1)CN(C)C(=O)O2. The van der Waals surface area contributed by atoms with Crippen molar-refractivity contribution in [3.05, 3.63) is 30.1 Å². The molecule has 1 N–H and O–H groups in total. The van der Waals surface area contributed by atoms with Gasteiger partial charge in [-0.2, -0.15) is 0 Å². The number of likely N-dealkylation sites (N-methyl/N-ethyl adjacent to an activating group) is 1. The number of ether oxygens (including phenoxy) is 1. The highest BCUT2D eigenvalue weighted by molar-refractivity contribution is 5.90. The van der Waals surface area contributed by atoms with Gasteiger partial charge in [0.25, 0.3) is 0 Å². The Morgan fingerprint density at radius 3 is 2.86 bits per heavy atom. The molecule has 10 nitrogen and oxygen atoms in total. The third-order valence-electron chi connectivity index (χ3n) is 5.40. The maximum Gasteiger partial charge on any atom is 0.410 e. The molecule has 3 amide bonds. The first-order chi connectivity index (χ1) is 13.5. The number of likely N-dealkylation sites (tertiary alicyclic amines) is 1. The van der Waals surface area contributed by atoms with E-state index < -0.39 is 5.60 Å². The first-order valence-corrected chi connectivity index (χ1v) is 9.30. The average Bonchev–Trinajstić information content (AvgIpc) is 3.23. The Labute approximate surface area is 162 Å². The van der Waals surface area contributed by atoms with Gasteiger partial charge in [0, 0.05) is 32.2 Å². The zero-order valence-corrected chi connectivity index (χ0v) is 16.0. The Morgan fingerprint density at radius 1 is 1.29 bits per heavy atom. The minimum absolute atomic E-state index is 0.160. The summed E-state index contributed by atoms with van der Waals surface area (Å²) in [6.45, 7) is 3.68. The summed E-state index contributed by atoms with van der Waals surface area (Å²) < 4.78 is 7.15. The third kappa shape index (κ3) is 3.49. The first kappa shape index (κ1) is 18.2. The fourth-order valence-corrected chi connectivity index (χ4v) is 3.78. The van der Waals surface area contributed by atoms with Gasteiger partial charge in [-0.3, -0.25) is 0 Å². The van der Waals surface area contributed by atoms with Crippen molar-refractivity contribution < 1.29 is 14.3 Å². The number of nitrogens with one attached hydrogen (secondary N) is 1. The van der Waals surface area contributed by atoms with Crippen molar-refractivity contribution in [2.45, 2.75) is 31.8 Å². The molecule has 2 aromatic rings. The number of nitrogens with zero attached hydrogens (tertiary/aromatic N) is 6. The normalized spacial score (nSPS) is 22.3. The molecule has 1 aromatic carbocycles. The summed E-state index contributed by atoms with van der Waals surface area (Å²) in [4.78, 5) is 28.0. The van der Waals surface area contributed by atoms with Crippen LogP contribution in [0.15, 0.2) is 24.5 Å². The number of benzene rings is 1. The standard InChI is InChI=1S/C18H23N7O3/c1-13-4-5-14(25-12-19-21-22-25)10-15(13)20-16(26)24-8-3-6-18(7-9-24)11-23(2)17(27)28-18/h4-5,10,12H,3,6-9,11H2,1-2H3,(H,20,26)/t18-/m0/s1. The van der Waals surface area contributed by atoms with Gasteiger partial charge in [0.2, 0.25) is 0 Å². The molecule has 0 bridgehead atoms. The molecule has 0 saturated carbocycles. The smallest absolute Gasteiger partial charge is 0.410 e. The Hall–Kier alpha value is -3.17. The van der Waals surface area contributed by atoms with Gasteiger partial charge in [-0.25, -0.2) is 14.3 Å². The zero-order chi connectivity index (χ0) is 19.7. The van der Waals surface area contributed by atoms with Crippen molar-refractivity contribution in [2.24, 2.45) is 0 Å². The van der Waals surface area contributed by atoms with Gasteiger partial charge in [0.15, 0.2) is 0 Å². The second-order valence-electron chi connectivity index (χ2n) is 7.43. The minimum Gasteiger partial charge on any atom is -0.441 e. The lowest BCUT2D eigenvalue weighted by Crippen LogP contribution is -2.38. The number of amides is 3. The number of carbonyl (C=O) groups excluding carboxylic acids is 2. The molecule has 2 aliphatic heterocycles. The molecule has 2 aliphatic rings. The monoisotopic (exact) mass is 385 g/mol. The second kappa shape index (κ2) is 7.10. The molecule has 0 unspecified atom stereocenters. The maximum atomic E-state index is 12.9. The summed E-state index contributed by atoms with van der Waals surface area (Å²) in [7, 11) is 1.74. The van der Waals surface area contributed by atoms with Gasteiger partial charge < -0.3 is 19.9 Å². The van der Waals surface area contributed by atoms with Gasteiger partial charge in [0.05, 0.1) is 12.2 Å². The van der Waals surface area contributed by atoms with Crippen LogP contribution in [0.4, 0.5) is 15.3 Å². The van der Waals surface area contributed by atoms with Gasteiger partial charge in [-0.1, -0.05) is 6.07 Å². The van der Waals surface area contributed by atoms with Crippen LogP contribution < -0.4 is 5.32 Å². The van der Waals surface area contributed by atoms with E-state index in [-0.39, 0.29) is 12.1 Å². The van der Waals surface area contributed by atoms with Crippen LogP contribution in [0.25, 0.3) is 5.69 Å². The summed E-state index contributed by atoms with van der Waals surface area (Å²) >= 11 is 0. The van der Waals surface area contributed by atoms with Crippen molar-refractivity contribution in [1.82, 2.24) is 30.0 Å². The molecule has 10 heteroatoms. The van der Waals surface area contributed by atoms with E-state index in [1.807, 2.05) is 25.1 Å². The Balaban J connectivity index is 1.44. The van der Waals surface area contributed by atoms with E-state index in [1.165, 1.54) is 11.0 Å². The highest BCUT2D eigenvalue weighted by atomic mass is 16.6. The van der Waals surface area contributed by atoms with Crippen molar-refractivity contribution in [3.63, 3.8) is 0 Å². The molecule has 2 saturated heterocycles. The number of aryl methyl sites for hydroxylation is 1. The van der Waals surface area contributed by atoms with E-state index in [4.69, 9.17) is 4.74 Å². The molecule has 0 radical (unpaired) electrons. The van der Waals surface area contributed by atoms with Crippen LogP contribution in [0.2, 0.25) is 0 Å². The number of hydrogen-bond donors (Lipinski definition) is 1. The Bertz CT molecular complexity index is 885. The van der Waals surface area contributed by atoms with Crippen molar-refractivity contribution in [3.8, 4) is 5.69 Å². The van der Waals surface area contributed by atoms with Crippen LogP contribution >= 0.6 is 0 Å². The molecule has 1 atom stereocenters. The molecule has 1 spiro atoms. The Kier molecular flexibility index (Phi) is 4.62. The lowest BCUT2D eigenvalue weighted by atomic mass is 9.95. The van der Waals surface area contributed by atoms with Crippen molar-refractivity contribution >= 4 is 17.8 Å². The molecule has 0 aliphatic carbocycles. The molecular formula is C18H23N7O3. The van der Waals surface area contributed by atoms with Gasteiger partial charge in [0.1, 0.15) is 11.9 Å². The number of carbonyl (C=O) groups is 2. The largest absolute Gasteiger partial charge is 0.441 e. The van der Waals surface area contributed by atoms with Crippen LogP contribution in [0, 0.1) is 6.92 Å². The molecule has 148 valence electrons. The van der Waals surface area contributed by atoms with Gasteiger partial charge >= 0.3 is 12.1 Å². The number of anilines is 1. The van der Waals surface area contributed by atoms with E-state index in [1.54, 1.807) is 16.8 Å². The van der Waals surface area contributed by atoms with Crippen LogP contribution in [0.3, 0.4) is 0 Å². The van der Waals surface area contributed by atoms with E-state index in [0.29, 0.717) is 31.7 Å². The molecule has 28 heavy (non-hydrogen) atoms. The molecule has 1 aromatic heterocycles. The molecule has 4 rings (SSSR count). The fourth-order valence-electron chi connectivity index (χ4n) is 3.78. The third-order valence-corrected chi connectivity index (χ3v) is 5.40. The summed E-state index contributed by atoms with van der Waals surface area (Å²) in [6, 6.07) is 5.49. The van der Waals surface area contributed by atoms with Gasteiger partial charge in [-0.15, -0.1) is 5.10 Å². The van der Waals surface area contributed by atoms with Crippen molar-refractivity contribution in [1.29, 1.82) is 0 Å². The van der Waals surface area contributed by atoms with E-state index in [2.05, 4.69) is 20.8 Å². The van der Waals surface area contributed by atoms with Crippen LogP contribution in [-0.4, -0.2) is 74.4 Å². The van der Waals surface area contributed by atoms with Crippen LogP contribution in [-0.2, 0) is 4.74 Å². The zero-order valence-electron chi connectivity index (χ0n) is 16.0. The topological polar surface area (TPSA) is 105 Å². The van der Waals surface area contributed by atoms with Crippen LogP contribution in [0.5, 0.6) is 0 Å². The van der Waals surface area contributed by atoms with E-state index >= 15 is 0 Å². The lowest BCUT2D eigenvalue weighted by Gasteiger charge is -2.25. The molecule has 3 heterocycles. The van der Waals surface area contributed by atoms with E-state index in [9.17, 15) is 9.59 Å². The summed E-state index contributed by atoms with van der Waals surface area (Å²) in [5.74, 6) is 0. The van der Waals surface area contributed by atoms with Crippen molar-refractivity contribution in [2.75, 3.05) is 32.0 Å². The summed E-state index contributed by atoms with van der Waals surface area (Å²) in [5.41, 5.74) is 1.95. The number of tetrazole rings is 1. The number of hydrogen-bond acceptors (Lipinski definition) is 6. The van der Waals surface area contributed by atoms with Gasteiger partial charge in [-0.05, 0) is 47.9 Å². The number of urea groups is 1. The minimum atomic E-state index is -0.475. The Morgan fingerprint density at radius 2 is 2.14 bits per heavy atom. The highest BCUT2D eigenvalue weighted by Gasteiger charge is 2.44. The summed E-state index contributed by atoms with van der Waals surface area (Å²) in [5, 5.41) is 14.1. The average molecular weight is 385 g/mol. The number of aromatic nitrogens is 4. The maximum absolute atomic E-state index is 12.9. The summed E-state index contributed by atoms with van der Waals surface area (Å²) in [6.07, 6.45) is 3.41. The highest BCUT2D eigenvalue weighted by Crippen LogP contribution is 2.32. The van der Waals surface area contributed by atoms with E-state index in [0.717, 1.165) is 24.1 Å². The predicted molar refractivity (Wildman–Crippen MR) is 100 cm³/mol. The van der Waals surface area contributed by atoms with Crippen LogP contribution in [0.1, 0.15) is 24.8 Å².